The van der Waals surface area contributed by atoms with Gasteiger partial charge in [-0.05, 0) is 63.5 Å². The largest absolute Gasteiger partial charge is 0.505 e. The molecule has 3 heterocycles. The number of nitrogens with zero attached hydrogens (tertiary/aromatic N) is 2. The summed E-state index contributed by atoms with van der Waals surface area (Å²) < 4.78 is 10.7. The molecule has 0 bridgehead atoms. The van der Waals surface area contributed by atoms with Gasteiger partial charge < -0.3 is 30.3 Å². The van der Waals surface area contributed by atoms with Crippen molar-refractivity contribution < 1.29 is 38.9 Å². The lowest BCUT2D eigenvalue weighted by atomic mass is 9.92. The predicted octanol–water partition coefficient (Wildman–Crippen LogP) is 0.787. The van der Waals surface area contributed by atoms with Crippen LogP contribution in [-0.4, -0.2) is 68.2 Å². The number of aromatic hydroxyl groups is 1. The Bertz CT molecular complexity index is 1230. The van der Waals surface area contributed by atoms with Crippen LogP contribution >= 0.6 is 0 Å². The van der Waals surface area contributed by atoms with Crippen LogP contribution in [0.1, 0.15) is 43.7 Å². The first-order valence-electron chi connectivity index (χ1n) is 11.9. The van der Waals surface area contributed by atoms with Crippen LogP contribution in [0.15, 0.2) is 54.2 Å². The number of pyridine rings is 2. The zero-order valence-corrected chi connectivity index (χ0v) is 21.4. The third kappa shape index (κ3) is 6.71. The molecule has 1 fully saturated rings. The lowest BCUT2D eigenvalue weighted by molar-refractivity contribution is -0.161. The quantitative estimate of drug-likeness (QED) is 0.329. The van der Waals surface area contributed by atoms with Gasteiger partial charge >= 0.3 is 11.9 Å². The van der Waals surface area contributed by atoms with Gasteiger partial charge in [0.25, 0.3) is 5.91 Å². The third-order valence-corrected chi connectivity index (χ3v) is 5.98. The molecule has 0 radical (unpaired) electrons. The van der Waals surface area contributed by atoms with E-state index >= 15 is 0 Å². The normalized spacial score (nSPS) is 24.7. The molecular formula is C26H30N4O8. The van der Waals surface area contributed by atoms with Crippen molar-refractivity contribution in [3.8, 4) is 5.75 Å². The summed E-state index contributed by atoms with van der Waals surface area (Å²) in [6, 6.07) is 3.60. The summed E-state index contributed by atoms with van der Waals surface area (Å²) in [5, 5.41) is 26.2. The number of nitrogens with one attached hydrogen (secondary N) is 2. The second-order valence-electron chi connectivity index (χ2n) is 9.14. The number of carbonyl (C=O) groups excluding carboxylic acids is 4. The first kappa shape index (κ1) is 28.3. The van der Waals surface area contributed by atoms with Crippen molar-refractivity contribution in [3.63, 3.8) is 0 Å². The van der Waals surface area contributed by atoms with Crippen LogP contribution in [0, 0.1) is 5.92 Å². The summed E-state index contributed by atoms with van der Waals surface area (Å²) in [7, 11) is 0. The van der Waals surface area contributed by atoms with E-state index < -0.39 is 65.5 Å². The minimum atomic E-state index is -1.47. The molecule has 0 saturated carbocycles. The smallest absolute Gasteiger partial charge is 0.374 e. The molecule has 12 heteroatoms. The first-order valence-corrected chi connectivity index (χ1v) is 11.9. The average molecular weight is 527 g/mol. The lowest BCUT2D eigenvalue weighted by Crippen LogP contribution is -2.59. The fourth-order valence-electron chi connectivity index (χ4n) is 3.80. The van der Waals surface area contributed by atoms with E-state index in [1.807, 2.05) is 0 Å². The van der Waals surface area contributed by atoms with Crippen molar-refractivity contribution in [2.24, 2.45) is 5.92 Å². The van der Waals surface area contributed by atoms with Gasteiger partial charge in [0.05, 0.1) is 18.1 Å². The van der Waals surface area contributed by atoms with Crippen LogP contribution in [-0.2, 0) is 30.3 Å². The summed E-state index contributed by atoms with van der Waals surface area (Å²) >= 11 is 0. The average Bonchev–Trinajstić information content (AvgIpc) is 2.88. The van der Waals surface area contributed by atoms with Crippen molar-refractivity contribution in [1.82, 2.24) is 20.6 Å². The lowest BCUT2D eigenvalue weighted by Gasteiger charge is -2.32. The highest BCUT2D eigenvalue weighted by molar-refractivity contribution is 5.98. The van der Waals surface area contributed by atoms with Crippen molar-refractivity contribution >= 4 is 23.8 Å². The maximum atomic E-state index is 13.5. The molecule has 1 aliphatic rings. The molecule has 38 heavy (non-hydrogen) atoms. The minimum Gasteiger partial charge on any atom is -0.505 e. The first-order chi connectivity index (χ1) is 18.0. The molecule has 0 unspecified atom stereocenters. The number of amides is 2. The molecule has 2 aromatic rings. The van der Waals surface area contributed by atoms with Gasteiger partial charge in [0.1, 0.15) is 17.9 Å². The Hall–Kier alpha value is -4.32. The minimum absolute atomic E-state index is 0.0870. The van der Waals surface area contributed by atoms with E-state index in [9.17, 15) is 29.4 Å². The Kier molecular flexibility index (Phi) is 9.13. The summed E-state index contributed by atoms with van der Waals surface area (Å²) in [6.07, 6.45) is 1.78. The Morgan fingerprint density at radius 2 is 1.84 bits per heavy atom. The topological polar surface area (TPSA) is 177 Å². The summed E-state index contributed by atoms with van der Waals surface area (Å²) in [5.74, 6) is -5.59. The molecule has 4 N–H and O–H groups in total. The zero-order valence-electron chi connectivity index (χ0n) is 21.4. The predicted molar refractivity (Wildman–Crippen MR) is 132 cm³/mol. The van der Waals surface area contributed by atoms with Crippen molar-refractivity contribution in [1.29, 1.82) is 0 Å². The van der Waals surface area contributed by atoms with E-state index in [-0.39, 0.29) is 12.1 Å². The molecule has 5 atom stereocenters. The number of esters is 2. The summed E-state index contributed by atoms with van der Waals surface area (Å²) in [6.45, 7) is 5.83. The number of aliphatic hydroxyl groups is 1. The highest BCUT2D eigenvalue weighted by atomic mass is 16.6. The maximum absolute atomic E-state index is 13.5. The van der Waals surface area contributed by atoms with E-state index in [1.165, 1.54) is 46.0 Å². The van der Waals surface area contributed by atoms with E-state index in [4.69, 9.17) is 9.47 Å². The van der Waals surface area contributed by atoms with Gasteiger partial charge in [-0.25, -0.2) is 9.78 Å². The molecule has 202 valence electrons. The van der Waals surface area contributed by atoms with Crippen LogP contribution < -0.4 is 10.6 Å². The second kappa shape index (κ2) is 12.3. The molecule has 1 aliphatic heterocycles. The van der Waals surface area contributed by atoms with Gasteiger partial charge in [-0.3, -0.25) is 19.4 Å². The Labute approximate surface area is 219 Å². The number of carbonyl (C=O) groups is 4. The monoisotopic (exact) mass is 526 g/mol. The standard InChI is InChI=1S/C26H30N4O8/c1-13(2)22-26(36)37-15(4)19(30-24(34)20-18(31)8-6-10-28-20)23(33)29-17(11-16-7-5-9-27-12-16)21(32)14(3)25(35)38-22/h5-10,12,14-15,17,19,21,31-32H,11H2,1-4H3,(H,29,33)(H,30,34)/t14-,15-,17+,19+,21+/m1/s1. The van der Waals surface area contributed by atoms with Crippen LogP contribution in [0.2, 0.25) is 0 Å². The molecule has 2 amide bonds. The molecule has 0 aromatic carbocycles. The van der Waals surface area contributed by atoms with Gasteiger partial charge in [-0.15, -0.1) is 0 Å². The number of allylic oxidation sites excluding steroid dienone is 1. The van der Waals surface area contributed by atoms with Gasteiger partial charge in [-0.1, -0.05) is 6.07 Å². The van der Waals surface area contributed by atoms with Crippen molar-refractivity contribution in [3.05, 3.63) is 65.4 Å². The number of aliphatic hydroxyl groups excluding tert-OH is 1. The summed E-state index contributed by atoms with van der Waals surface area (Å²) in [5.41, 5.74) is 0.641. The van der Waals surface area contributed by atoms with Crippen molar-refractivity contribution in [2.75, 3.05) is 0 Å². The molecule has 3 rings (SSSR count). The fourth-order valence-corrected chi connectivity index (χ4v) is 3.80. The SMILES string of the molecule is CC(C)=C1OC(=O)[C@H](C)[C@H](O)[C@H](Cc2cccnc2)NC(=O)[C@@H](NC(=O)c2ncccc2O)[C@@H](C)OC1=O. The highest BCUT2D eigenvalue weighted by Crippen LogP contribution is 2.20. The number of aromatic nitrogens is 2. The van der Waals surface area contributed by atoms with Crippen LogP contribution in [0.3, 0.4) is 0 Å². The molecule has 1 saturated heterocycles. The summed E-state index contributed by atoms with van der Waals surface area (Å²) in [4.78, 5) is 59.9. The van der Waals surface area contributed by atoms with Gasteiger partial charge in [0.2, 0.25) is 11.7 Å². The van der Waals surface area contributed by atoms with E-state index in [1.54, 1.807) is 24.5 Å². The van der Waals surface area contributed by atoms with Crippen LogP contribution in [0.4, 0.5) is 0 Å². The van der Waals surface area contributed by atoms with Crippen LogP contribution in [0.25, 0.3) is 0 Å². The Morgan fingerprint density at radius 3 is 2.47 bits per heavy atom. The van der Waals surface area contributed by atoms with E-state index in [0.717, 1.165) is 0 Å². The van der Waals surface area contributed by atoms with Gasteiger partial charge in [-0.2, -0.15) is 0 Å². The van der Waals surface area contributed by atoms with E-state index in [0.29, 0.717) is 11.1 Å². The number of ether oxygens (including phenoxy) is 2. The highest BCUT2D eigenvalue weighted by Gasteiger charge is 2.39. The second-order valence-corrected chi connectivity index (χ2v) is 9.14. The molecule has 12 nitrogen and oxygen atoms in total. The number of hydrogen-bond donors (Lipinski definition) is 4. The molecule has 0 aliphatic carbocycles. The fraction of sp³-hybridized carbons (Fsp3) is 0.385. The van der Waals surface area contributed by atoms with Crippen LogP contribution in [0.5, 0.6) is 5.75 Å². The number of cyclic esters (lactones) is 2. The number of hydrogen-bond acceptors (Lipinski definition) is 10. The molecule has 2 aromatic heterocycles. The maximum Gasteiger partial charge on any atom is 0.374 e. The molecular weight excluding hydrogens is 496 g/mol. The third-order valence-electron chi connectivity index (χ3n) is 5.98. The Morgan fingerprint density at radius 1 is 1.13 bits per heavy atom. The van der Waals surface area contributed by atoms with Gasteiger partial charge in [0.15, 0.2) is 5.69 Å². The number of rotatable bonds is 4. The van der Waals surface area contributed by atoms with Gasteiger partial charge in [0, 0.05) is 18.6 Å². The molecule has 0 spiro atoms. The van der Waals surface area contributed by atoms with Crippen molar-refractivity contribution in [2.45, 2.75) is 58.4 Å². The van der Waals surface area contributed by atoms with E-state index in [2.05, 4.69) is 20.6 Å². The zero-order chi connectivity index (χ0) is 28.0. The Balaban J connectivity index is 2.01.